The molecule has 0 radical (unpaired) electrons. The molecule has 0 fully saturated rings. The number of rotatable bonds is 3. The van der Waals surface area contributed by atoms with E-state index in [4.69, 9.17) is 4.74 Å². The Morgan fingerprint density at radius 1 is 1.56 bits per heavy atom. The van der Waals surface area contributed by atoms with Crippen molar-refractivity contribution in [2.45, 2.75) is 6.42 Å². The minimum Gasteiger partial charge on any atom is -0.481 e. The van der Waals surface area contributed by atoms with E-state index >= 15 is 0 Å². The van der Waals surface area contributed by atoms with Gasteiger partial charge >= 0.3 is 5.69 Å². The molecule has 0 aliphatic rings. The Morgan fingerprint density at radius 3 is 2.89 bits per heavy atom. The Labute approximate surface area is 103 Å². The van der Waals surface area contributed by atoms with Crippen LogP contribution in [0.1, 0.15) is 5.56 Å². The number of nitrogens with one attached hydrogen (secondary N) is 1. The molecule has 18 heavy (non-hydrogen) atoms. The van der Waals surface area contributed by atoms with Crippen LogP contribution in [0.3, 0.4) is 0 Å². The Balaban J connectivity index is 2.96. The molecule has 6 heteroatoms. The number of aromatic nitrogens is 3. The predicted octanol–water partition coefficient (Wildman–Crippen LogP) is 0.359. The van der Waals surface area contributed by atoms with E-state index < -0.39 is 5.69 Å². The highest BCUT2D eigenvalue weighted by Gasteiger charge is 2.12. The first kappa shape index (κ1) is 12.1. The van der Waals surface area contributed by atoms with Crippen molar-refractivity contribution in [3.8, 4) is 5.88 Å². The molecule has 6 nitrogen and oxygen atoms in total. The number of H-pyrrole nitrogens is 1. The lowest BCUT2D eigenvalue weighted by atomic mass is 10.1. The van der Waals surface area contributed by atoms with Crippen LogP contribution in [-0.2, 0) is 13.5 Å². The summed E-state index contributed by atoms with van der Waals surface area (Å²) in [4.78, 5) is 30.2. The molecule has 0 amide bonds. The van der Waals surface area contributed by atoms with Crippen molar-refractivity contribution in [3.63, 3.8) is 0 Å². The molecule has 0 spiro atoms. The summed E-state index contributed by atoms with van der Waals surface area (Å²) in [5, 5.41) is 0.387. The van der Waals surface area contributed by atoms with Crippen molar-refractivity contribution in [3.05, 3.63) is 45.1 Å². The van der Waals surface area contributed by atoms with Crippen LogP contribution in [0.15, 0.2) is 28.3 Å². The largest absolute Gasteiger partial charge is 0.481 e. The SMILES string of the molecule is C=CCc1cc(OC)nc2[nH]c(=O)n(C)c(=O)c12. The van der Waals surface area contributed by atoms with Gasteiger partial charge in [0.15, 0.2) is 5.65 Å². The summed E-state index contributed by atoms with van der Waals surface area (Å²) in [6.07, 6.45) is 2.18. The van der Waals surface area contributed by atoms with Crippen LogP contribution in [0.2, 0.25) is 0 Å². The highest BCUT2D eigenvalue weighted by atomic mass is 16.5. The van der Waals surface area contributed by atoms with Crippen LogP contribution in [0, 0.1) is 0 Å². The van der Waals surface area contributed by atoms with Gasteiger partial charge in [0.05, 0.1) is 12.5 Å². The summed E-state index contributed by atoms with van der Waals surface area (Å²) < 4.78 is 6.06. The number of pyridine rings is 1. The van der Waals surface area contributed by atoms with Crippen LogP contribution in [0.4, 0.5) is 0 Å². The molecule has 0 saturated heterocycles. The van der Waals surface area contributed by atoms with Crippen molar-refractivity contribution in [1.29, 1.82) is 0 Å². The quantitative estimate of drug-likeness (QED) is 0.794. The molecule has 0 aliphatic heterocycles. The van der Waals surface area contributed by atoms with Gasteiger partial charge in [-0.3, -0.25) is 14.3 Å². The van der Waals surface area contributed by atoms with E-state index in [1.54, 1.807) is 12.1 Å². The molecule has 0 unspecified atom stereocenters. The number of ether oxygens (including phenoxy) is 1. The zero-order valence-corrected chi connectivity index (χ0v) is 10.2. The summed E-state index contributed by atoms with van der Waals surface area (Å²) in [6.45, 7) is 3.65. The van der Waals surface area contributed by atoms with E-state index in [0.717, 1.165) is 10.1 Å². The Hall–Kier alpha value is -2.37. The Morgan fingerprint density at radius 2 is 2.28 bits per heavy atom. The third-order valence-electron chi connectivity index (χ3n) is 2.70. The average molecular weight is 247 g/mol. The van der Waals surface area contributed by atoms with Crippen LogP contribution < -0.4 is 16.0 Å². The molecule has 0 aliphatic carbocycles. The second kappa shape index (κ2) is 4.48. The first-order chi connectivity index (χ1) is 8.58. The summed E-state index contributed by atoms with van der Waals surface area (Å²) >= 11 is 0. The van der Waals surface area contributed by atoms with Crippen molar-refractivity contribution < 1.29 is 4.74 Å². The molecule has 94 valence electrons. The van der Waals surface area contributed by atoms with E-state index in [2.05, 4.69) is 16.5 Å². The van der Waals surface area contributed by atoms with Gasteiger partial charge in [0, 0.05) is 13.1 Å². The van der Waals surface area contributed by atoms with Crippen molar-refractivity contribution >= 4 is 11.0 Å². The minimum absolute atomic E-state index is 0.235. The van der Waals surface area contributed by atoms with Gasteiger partial charge in [-0.25, -0.2) is 4.79 Å². The van der Waals surface area contributed by atoms with Gasteiger partial charge in [0.25, 0.3) is 5.56 Å². The molecule has 2 aromatic rings. The average Bonchev–Trinajstić information content (AvgIpc) is 2.35. The van der Waals surface area contributed by atoms with Crippen LogP contribution in [0.25, 0.3) is 11.0 Å². The van der Waals surface area contributed by atoms with E-state index in [1.165, 1.54) is 14.2 Å². The number of methoxy groups -OCH3 is 1. The lowest BCUT2D eigenvalue weighted by molar-refractivity contribution is 0.399. The van der Waals surface area contributed by atoms with Crippen LogP contribution >= 0.6 is 0 Å². The van der Waals surface area contributed by atoms with E-state index in [1.807, 2.05) is 0 Å². The lowest BCUT2D eigenvalue weighted by Gasteiger charge is -2.07. The number of nitrogens with zero attached hydrogens (tertiary/aromatic N) is 2. The fraction of sp³-hybridized carbons (Fsp3) is 0.250. The fourth-order valence-electron chi connectivity index (χ4n) is 1.77. The molecule has 0 atom stereocenters. The molecular formula is C12H13N3O3. The Kier molecular flexibility index (Phi) is 3.01. The van der Waals surface area contributed by atoms with Crippen LogP contribution in [-0.4, -0.2) is 21.6 Å². The summed E-state index contributed by atoms with van der Waals surface area (Å²) in [5.41, 5.74) is 0.0848. The molecule has 0 saturated carbocycles. The van der Waals surface area contributed by atoms with E-state index in [9.17, 15) is 9.59 Å². The van der Waals surface area contributed by atoms with Crippen molar-refractivity contribution in [2.75, 3.05) is 7.11 Å². The summed E-state index contributed by atoms with van der Waals surface area (Å²) in [5.74, 6) is 0.350. The minimum atomic E-state index is -0.502. The lowest BCUT2D eigenvalue weighted by Crippen LogP contribution is -2.33. The molecule has 2 heterocycles. The summed E-state index contributed by atoms with van der Waals surface area (Å²) in [7, 11) is 2.90. The van der Waals surface area contributed by atoms with Gasteiger partial charge in [0.2, 0.25) is 5.88 Å². The van der Waals surface area contributed by atoms with Gasteiger partial charge in [0.1, 0.15) is 0 Å². The van der Waals surface area contributed by atoms with E-state index in [-0.39, 0.29) is 11.2 Å². The monoisotopic (exact) mass is 247 g/mol. The standard InChI is InChI=1S/C12H13N3O3/c1-4-5-7-6-8(18-3)13-10-9(7)11(16)15(2)12(17)14-10/h4,6H,1,5H2,2-3H3,(H,13,14,17). The molecule has 0 aromatic carbocycles. The third-order valence-corrected chi connectivity index (χ3v) is 2.70. The van der Waals surface area contributed by atoms with Crippen molar-refractivity contribution in [2.24, 2.45) is 7.05 Å². The first-order valence-electron chi connectivity index (χ1n) is 5.36. The maximum absolute atomic E-state index is 12.1. The number of fused-ring (bicyclic) bond motifs is 1. The van der Waals surface area contributed by atoms with Gasteiger partial charge in [-0.2, -0.15) is 4.98 Å². The second-order valence-corrected chi connectivity index (χ2v) is 3.83. The predicted molar refractivity (Wildman–Crippen MR) is 68.1 cm³/mol. The first-order valence-corrected chi connectivity index (χ1v) is 5.36. The molecular weight excluding hydrogens is 234 g/mol. The highest BCUT2D eigenvalue weighted by Crippen LogP contribution is 2.17. The van der Waals surface area contributed by atoms with Crippen molar-refractivity contribution in [1.82, 2.24) is 14.5 Å². The van der Waals surface area contributed by atoms with E-state index in [0.29, 0.717) is 17.7 Å². The number of hydrogen-bond acceptors (Lipinski definition) is 4. The highest BCUT2D eigenvalue weighted by molar-refractivity contribution is 5.78. The number of allylic oxidation sites excluding steroid dienone is 1. The van der Waals surface area contributed by atoms with Crippen LogP contribution in [0.5, 0.6) is 5.88 Å². The fourth-order valence-corrected chi connectivity index (χ4v) is 1.77. The number of hydrogen-bond donors (Lipinski definition) is 1. The maximum Gasteiger partial charge on any atom is 0.329 e. The third kappa shape index (κ3) is 1.81. The number of aromatic amines is 1. The molecule has 2 aromatic heterocycles. The smallest absolute Gasteiger partial charge is 0.329 e. The maximum atomic E-state index is 12.1. The molecule has 0 bridgehead atoms. The normalized spacial score (nSPS) is 10.6. The zero-order valence-electron chi connectivity index (χ0n) is 10.2. The van der Waals surface area contributed by atoms with Gasteiger partial charge in [-0.1, -0.05) is 6.08 Å². The summed E-state index contributed by atoms with van der Waals surface area (Å²) in [6, 6.07) is 1.67. The molecule has 1 N–H and O–H groups in total. The molecule has 2 rings (SSSR count). The van der Waals surface area contributed by atoms with Gasteiger partial charge < -0.3 is 4.74 Å². The second-order valence-electron chi connectivity index (χ2n) is 3.83. The zero-order chi connectivity index (χ0) is 13.3. The Bertz CT molecular complexity index is 728. The van der Waals surface area contributed by atoms with Gasteiger partial charge in [-0.05, 0) is 12.0 Å². The topological polar surface area (TPSA) is 77.0 Å². The van der Waals surface area contributed by atoms with Gasteiger partial charge in [-0.15, -0.1) is 6.58 Å².